The molecule has 0 bridgehead atoms. The predicted octanol–water partition coefficient (Wildman–Crippen LogP) is 2.97. The molecule has 1 heterocycles. The molecule has 2 rings (SSSR count). The Morgan fingerprint density at radius 2 is 2.32 bits per heavy atom. The highest BCUT2D eigenvalue weighted by Gasteiger charge is 2.19. The van der Waals surface area contributed by atoms with Crippen molar-refractivity contribution in [1.29, 1.82) is 0 Å². The fourth-order valence-corrected chi connectivity index (χ4v) is 2.78. The van der Waals surface area contributed by atoms with Gasteiger partial charge in [-0.05, 0) is 13.0 Å². The molecule has 1 aromatic carbocycles. The number of hydrogen-bond acceptors (Lipinski definition) is 5. The second kappa shape index (κ2) is 5.08. The number of ether oxygens (including phenoxy) is 1. The lowest BCUT2D eigenvalue weighted by molar-refractivity contribution is -0.384. The number of carbonyl (C=O) groups excluding carboxylic acids is 1. The Balaban J connectivity index is 2.64. The minimum absolute atomic E-state index is 0.0345. The van der Waals surface area contributed by atoms with E-state index >= 15 is 0 Å². The van der Waals surface area contributed by atoms with Crippen molar-refractivity contribution >= 4 is 33.1 Å². The summed E-state index contributed by atoms with van der Waals surface area (Å²) < 4.78 is 5.52. The molecule has 6 heteroatoms. The van der Waals surface area contributed by atoms with Crippen molar-refractivity contribution < 1.29 is 14.5 Å². The van der Waals surface area contributed by atoms with Crippen molar-refractivity contribution in [2.45, 2.75) is 6.92 Å². The number of benzene rings is 1. The monoisotopic (exact) mass is 275 g/mol. The summed E-state index contributed by atoms with van der Waals surface area (Å²) in [6.07, 6.45) is 5.41. The van der Waals surface area contributed by atoms with Gasteiger partial charge in [0, 0.05) is 22.2 Å². The molecule has 19 heavy (non-hydrogen) atoms. The van der Waals surface area contributed by atoms with Crippen LogP contribution in [0, 0.1) is 22.5 Å². The molecule has 5 nitrogen and oxygen atoms in total. The summed E-state index contributed by atoms with van der Waals surface area (Å²) in [5.74, 6) is 1.95. The van der Waals surface area contributed by atoms with Crippen molar-refractivity contribution in [2.24, 2.45) is 0 Å². The van der Waals surface area contributed by atoms with E-state index in [1.165, 1.54) is 12.1 Å². The van der Waals surface area contributed by atoms with Crippen LogP contribution in [0.2, 0.25) is 0 Å². The summed E-state index contributed by atoms with van der Waals surface area (Å²) >= 11 is 1.11. The second-order valence-corrected chi connectivity index (χ2v) is 4.66. The number of thiophene rings is 1. The van der Waals surface area contributed by atoms with E-state index in [2.05, 4.69) is 5.92 Å². The first kappa shape index (κ1) is 13.1. The van der Waals surface area contributed by atoms with E-state index in [1.807, 2.05) is 0 Å². The molecule has 1 aromatic heterocycles. The average Bonchev–Trinajstić information content (AvgIpc) is 2.76. The first-order chi connectivity index (χ1) is 9.08. The van der Waals surface area contributed by atoms with Crippen LogP contribution in [0.5, 0.6) is 0 Å². The van der Waals surface area contributed by atoms with Crippen LogP contribution < -0.4 is 0 Å². The molecule has 0 aliphatic heterocycles. The molecule has 2 aromatic rings. The molecule has 0 spiro atoms. The molecule has 0 unspecified atom stereocenters. The lowest BCUT2D eigenvalue weighted by Crippen LogP contribution is -2.03. The molecular formula is C13H9NO4S. The first-order valence-electron chi connectivity index (χ1n) is 5.43. The Labute approximate surface area is 113 Å². The summed E-state index contributed by atoms with van der Waals surface area (Å²) in [5, 5.41) is 11.4. The third-order valence-electron chi connectivity index (χ3n) is 2.49. The van der Waals surface area contributed by atoms with E-state index in [0.717, 1.165) is 11.3 Å². The van der Waals surface area contributed by atoms with Gasteiger partial charge in [0.25, 0.3) is 5.69 Å². The number of rotatable bonds is 3. The fraction of sp³-hybridized carbons (Fsp3) is 0.154. The zero-order valence-electron chi connectivity index (χ0n) is 10.0. The maximum atomic E-state index is 11.8. The highest BCUT2D eigenvalue weighted by atomic mass is 32.1. The number of carbonyl (C=O) groups is 1. The number of non-ortho nitro benzene ring substituents is 1. The van der Waals surface area contributed by atoms with Crippen molar-refractivity contribution in [3.63, 3.8) is 0 Å². The molecular weight excluding hydrogens is 266 g/mol. The minimum atomic E-state index is -0.501. The number of fused-ring (bicyclic) bond motifs is 1. The summed E-state index contributed by atoms with van der Waals surface area (Å²) in [7, 11) is 0. The highest BCUT2D eigenvalue weighted by Crippen LogP contribution is 2.33. The number of esters is 1. The first-order valence-corrected chi connectivity index (χ1v) is 6.24. The van der Waals surface area contributed by atoms with Gasteiger partial charge in [0.15, 0.2) is 0 Å². The van der Waals surface area contributed by atoms with Crippen LogP contribution in [-0.2, 0) is 4.74 Å². The van der Waals surface area contributed by atoms with E-state index in [-0.39, 0.29) is 12.3 Å². The topological polar surface area (TPSA) is 69.4 Å². The Morgan fingerprint density at radius 1 is 1.58 bits per heavy atom. The Kier molecular flexibility index (Phi) is 3.49. The van der Waals surface area contributed by atoms with Crippen LogP contribution in [0.25, 0.3) is 10.1 Å². The van der Waals surface area contributed by atoms with Crippen molar-refractivity contribution in [2.75, 3.05) is 6.61 Å². The van der Waals surface area contributed by atoms with E-state index in [4.69, 9.17) is 11.2 Å². The molecule has 0 atom stereocenters. The lowest BCUT2D eigenvalue weighted by Gasteiger charge is -1.98. The zero-order chi connectivity index (χ0) is 14.0. The fourth-order valence-electron chi connectivity index (χ4n) is 1.68. The number of hydrogen-bond donors (Lipinski definition) is 0. The van der Waals surface area contributed by atoms with Crippen molar-refractivity contribution in [3.05, 3.63) is 38.8 Å². The molecule has 0 saturated heterocycles. The number of nitrogens with zero attached hydrogens (tertiary/aromatic N) is 1. The molecule has 0 amide bonds. The Bertz CT molecular complexity index is 711. The molecule has 0 radical (unpaired) electrons. The highest BCUT2D eigenvalue weighted by molar-refractivity contribution is 7.21. The number of nitro groups is 1. The summed E-state index contributed by atoms with van der Waals surface area (Å²) in [5.41, 5.74) is 0.390. The normalized spacial score (nSPS) is 10.1. The third kappa shape index (κ3) is 2.28. The van der Waals surface area contributed by atoms with E-state index < -0.39 is 10.9 Å². The van der Waals surface area contributed by atoms with Crippen LogP contribution in [0.3, 0.4) is 0 Å². The molecule has 96 valence electrons. The SMILES string of the molecule is C#Cc1c(C(=O)OCC)sc2cc([N+](=O)[O-])ccc12. The van der Waals surface area contributed by atoms with Gasteiger partial charge in [-0.25, -0.2) is 4.79 Å². The van der Waals surface area contributed by atoms with Crippen LogP contribution in [-0.4, -0.2) is 17.5 Å². The van der Waals surface area contributed by atoms with Gasteiger partial charge in [-0.2, -0.15) is 0 Å². The van der Waals surface area contributed by atoms with Crippen LogP contribution >= 0.6 is 11.3 Å². The van der Waals surface area contributed by atoms with Crippen LogP contribution in [0.15, 0.2) is 18.2 Å². The maximum absolute atomic E-state index is 11.8. The maximum Gasteiger partial charge on any atom is 0.349 e. The molecule has 0 saturated carbocycles. The van der Waals surface area contributed by atoms with Gasteiger partial charge in [0.05, 0.1) is 17.1 Å². The smallest absolute Gasteiger partial charge is 0.349 e. The van der Waals surface area contributed by atoms with E-state index in [0.29, 0.717) is 20.5 Å². The Morgan fingerprint density at radius 3 is 2.89 bits per heavy atom. The van der Waals surface area contributed by atoms with Crippen LogP contribution in [0.1, 0.15) is 22.2 Å². The minimum Gasteiger partial charge on any atom is -0.462 e. The summed E-state index contributed by atoms with van der Waals surface area (Å²) in [6.45, 7) is 1.95. The van der Waals surface area contributed by atoms with Crippen molar-refractivity contribution in [1.82, 2.24) is 0 Å². The number of nitro benzene ring substituents is 1. The lowest BCUT2D eigenvalue weighted by atomic mass is 10.1. The van der Waals surface area contributed by atoms with Gasteiger partial charge in [-0.3, -0.25) is 10.1 Å². The second-order valence-electron chi connectivity index (χ2n) is 3.61. The molecule has 0 fully saturated rings. The summed E-state index contributed by atoms with van der Waals surface area (Å²) in [6, 6.07) is 4.33. The largest absolute Gasteiger partial charge is 0.462 e. The van der Waals surface area contributed by atoms with Gasteiger partial charge in [-0.15, -0.1) is 17.8 Å². The molecule has 0 N–H and O–H groups in total. The van der Waals surface area contributed by atoms with Crippen molar-refractivity contribution in [3.8, 4) is 12.3 Å². The summed E-state index contributed by atoms with van der Waals surface area (Å²) in [4.78, 5) is 22.3. The quantitative estimate of drug-likeness (QED) is 0.374. The number of terminal acetylenes is 1. The standard InChI is InChI=1S/C13H9NO4S/c1-3-9-10-6-5-8(14(16)17)7-11(10)19-12(9)13(15)18-4-2/h1,5-7H,4H2,2H3. The van der Waals surface area contributed by atoms with E-state index in [1.54, 1.807) is 13.0 Å². The van der Waals surface area contributed by atoms with Gasteiger partial charge in [0.2, 0.25) is 0 Å². The van der Waals surface area contributed by atoms with E-state index in [9.17, 15) is 14.9 Å². The van der Waals surface area contributed by atoms with Gasteiger partial charge in [0.1, 0.15) is 4.88 Å². The van der Waals surface area contributed by atoms with Gasteiger partial charge >= 0.3 is 5.97 Å². The third-order valence-corrected chi connectivity index (χ3v) is 3.62. The molecule has 0 aliphatic carbocycles. The average molecular weight is 275 g/mol. The molecule has 0 aliphatic rings. The predicted molar refractivity (Wildman–Crippen MR) is 72.4 cm³/mol. The zero-order valence-corrected chi connectivity index (χ0v) is 10.8. The van der Waals surface area contributed by atoms with Crippen LogP contribution in [0.4, 0.5) is 5.69 Å². The van der Waals surface area contributed by atoms with Gasteiger partial charge < -0.3 is 4.74 Å². The van der Waals surface area contributed by atoms with Gasteiger partial charge in [-0.1, -0.05) is 5.92 Å². The Hall–Kier alpha value is -2.39.